The number of alkyl halides is 7. The topological polar surface area (TPSA) is 47.3 Å². The van der Waals surface area contributed by atoms with Gasteiger partial charge in [0.1, 0.15) is 12.2 Å². The molecule has 1 heterocycles. The molecule has 3 rings (SSSR count). The first-order valence-electron chi connectivity index (χ1n) is 7.53. The Kier molecular flexibility index (Phi) is 4.10. The van der Waals surface area contributed by atoms with Gasteiger partial charge in [0.15, 0.2) is 5.69 Å². The molecule has 142 valence electrons. The van der Waals surface area contributed by atoms with Gasteiger partial charge in [-0.3, -0.25) is 4.68 Å². The van der Waals surface area contributed by atoms with Gasteiger partial charge in [-0.15, -0.1) is 0 Å². The van der Waals surface area contributed by atoms with Crippen molar-refractivity contribution in [3.8, 4) is 0 Å². The molecule has 0 spiro atoms. The van der Waals surface area contributed by atoms with Crippen LogP contribution in [0.3, 0.4) is 0 Å². The molecule has 1 aromatic rings. The summed E-state index contributed by atoms with van der Waals surface area (Å²) in [6.07, 6.45) is -11.6. The number of fused-ring (bicyclic) bond motifs is 1. The van der Waals surface area contributed by atoms with Gasteiger partial charge in [-0.05, 0) is 6.42 Å². The monoisotopic (exact) mass is 376 g/mol. The maximum absolute atomic E-state index is 13.7. The molecule has 2 aliphatic carbocycles. The van der Waals surface area contributed by atoms with Crippen LogP contribution in [0, 0.1) is 0 Å². The van der Waals surface area contributed by atoms with Crippen LogP contribution in [0.1, 0.15) is 48.4 Å². The Morgan fingerprint density at radius 1 is 1.20 bits per heavy atom. The summed E-state index contributed by atoms with van der Waals surface area (Å²) in [6.45, 7) is 0. The van der Waals surface area contributed by atoms with Crippen LogP contribution in [0.5, 0.6) is 0 Å². The number of nitrogens with zero attached hydrogens (tertiary/aromatic N) is 2. The minimum atomic E-state index is -5.05. The molecule has 11 heteroatoms. The SMILES string of the molecule is CO[C@@H]1C[C@@H](n2nc(C(F)(F)F)c3c2CC(F)(F)[C@H]3O)CCC1(F)F. The minimum absolute atomic E-state index is 0.236. The van der Waals surface area contributed by atoms with Gasteiger partial charge in [0.25, 0.3) is 11.8 Å². The van der Waals surface area contributed by atoms with Crippen molar-refractivity contribution in [2.75, 3.05) is 7.11 Å². The van der Waals surface area contributed by atoms with Crippen LogP contribution in [-0.4, -0.2) is 39.9 Å². The number of aliphatic hydroxyl groups is 1. The Morgan fingerprint density at radius 2 is 1.84 bits per heavy atom. The Balaban J connectivity index is 2.03. The first kappa shape index (κ1) is 18.4. The number of hydrogen-bond acceptors (Lipinski definition) is 3. The van der Waals surface area contributed by atoms with Gasteiger partial charge >= 0.3 is 6.18 Å². The van der Waals surface area contributed by atoms with E-state index in [9.17, 15) is 35.8 Å². The number of methoxy groups -OCH3 is 1. The highest BCUT2D eigenvalue weighted by atomic mass is 19.4. The van der Waals surface area contributed by atoms with Gasteiger partial charge in [0, 0.05) is 25.5 Å². The molecule has 25 heavy (non-hydrogen) atoms. The third-order valence-corrected chi connectivity index (χ3v) is 4.79. The van der Waals surface area contributed by atoms with E-state index in [-0.39, 0.29) is 12.8 Å². The Morgan fingerprint density at radius 3 is 2.40 bits per heavy atom. The van der Waals surface area contributed by atoms with E-state index >= 15 is 0 Å². The largest absolute Gasteiger partial charge is 0.435 e. The summed E-state index contributed by atoms with van der Waals surface area (Å²) in [4.78, 5) is 0. The zero-order valence-corrected chi connectivity index (χ0v) is 13.0. The molecule has 3 atom stereocenters. The molecule has 0 radical (unpaired) electrons. The van der Waals surface area contributed by atoms with Crippen molar-refractivity contribution >= 4 is 0 Å². The lowest BCUT2D eigenvalue weighted by atomic mass is 9.89. The van der Waals surface area contributed by atoms with Gasteiger partial charge in [0.05, 0.1) is 18.2 Å². The van der Waals surface area contributed by atoms with Gasteiger partial charge in [-0.25, -0.2) is 17.6 Å². The van der Waals surface area contributed by atoms with Crippen LogP contribution < -0.4 is 0 Å². The van der Waals surface area contributed by atoms with Crippen molar-refractivity contribution in [2.24, 2.45) is 0 Å². The summed E-state index contributed by atoms with van der Waals surface area (Å²) in [5.74, 6) is -6.92. The van der Waals surface area contributed by atoms with E-state index in [4.69, 9.17) is 4.74 Å². The van der Waals surface area contributed by atoms with Crippen LogP contribution in [0.2, 0.25) is 0 Å². The first-order valence-corrected chi connectivity index (χ1v) is 7.53. The Hall–Kier alpha value is -1.36. The van der Waals surface area contributed by atoms with Crippen LogP contribution >= 0.6 is 0 Å². The summed E-state index contributed by atoms with van der Waals surface area (Å²) in [6, 6.07) is -0.949. The molecule has 1 fully saturated rings. The highest BCUT2D eigenvalue weighted by Crippen LogP contribution is 2.50. The van der Waals surface area contributed by atoms with Gasteiger partial charge in [-0.1, -0.05) is 0 Å². The second kappa shape index (κ2) is 5.57. The minimum Gasteiger partial charge on any atom is -0.382 e. The first-order chi connectivity index (χ1) is 11.4. The maximum atomic E-state index is 13.7. The number of hydrogen-bond donors (Lipinski definition) is 1. The quantitative estimate of drug-likeness (QED) is 0.804. The van der Waals surface area contributed by atoms with E-state index in [1.165, 1.54) is 0 Å². The molecule has 0 unspecified atom stereocenters. The molecule has 2 aliphatic rings. The van der Waals surface area contributed by atoms with Crippen molar-refractivity contribution in [2.45, 2.75) is 62.0 Å². The molecule has 1 aromatic heterocycles. The number of halogens is 7. The number of aromatic nitrogens is 2. The zero-order valence-electron chi connectivity index (χ0n) is 13.0. The molecule has 0 amide bonds. The molecule has 0 aromatic carbocycles. The van der Waals surface area contributed by atoms with Crippen molar-refractivity contribution in [1.29, 1.82) is 0 Å². The lowest BCUT2D eigenvalue weighted by molar-refractivity contribution is -0.156. The maximum Gasteiger partial charge on any atom is 0.435 e. The Bertz CT molecular complexity index is 671. The Labute approximate surface area is 137 Å². The van der Waals surface area contributed by atoms with Gasteiger partial charge < -0.3 is 9.84 Å². The van der Waals surface area contributed by atoms with Crippen molar-refractivity contribution in [3.05, 3.63) is 17.0 Å². The standard InChI is InChI=1S/C14H15F7N2O2/c1-25-8-4-6(2-3-12(8,15)16)23-7-5-13(17,18)11(24)9(7)10(22-23)14(19,20)21/h6,8,11,24H,2-5H2,1H3/t6-,8+,11-/m0/s1. The average Bonchev–Trinajstić information content (AvgIpc) is 2.94. The predicted octanol–water partition coefficient (Wildman–Crippen LogP) is 3.50. The second-order valence-corrected chi connectivity index (χ2v) is 6.41. The molecule has 0 bridgehead atoms. The summed E-state index contributed by atoms with van der Waals surface area (Å²) >= 11 is 0. The summed E-state index contributed by atoms with van der Waals surface area (Å²) in [5, 5.41) is 13.0. The van der Waals surface area contributed by atoms with E-state index in [1.54, 1.807) is 0 Å². The van der Waals surface area contributed by atoms with Crippen LogP contribution in [0.15, 0.2) is 0 Å². The van der Waals surface area contributed by atoms with Crippen LogP contribution in [0.4, 0.5) is 30.7 Å². The van der Waals surface area contributed by atoms with E-state index < -0.39 is 66.1 Å². The van der Waals surface area contributed by atoms with E-state index in [0.717, 1.165) is 11.8 Å². The number of rotatable bonds is 2. The molecule has 1 N–H and O–H groups in total. The smallest absolute Gasteiger partial charge is 0.382 e. The molecular formula is C14H15F7N2O2. The third kappa shape index (κ3) is 2.90. The lowest BCUT2D eigenvalue weighted by Gasteiger charge is -2.35. The highest BCUT2D eigenvalue weighted by Gasteiger charge is 2.56. The van der Waals surface area contributed by atoms with Crippen LogP contribution in [-0.2, 0) is 17.3 Å². The number of aliphatic hydroxyl groups excluding tert-OH is 1. The summed E-state index contributed by atoms with van der Waals surface area (Å²) in [5.41, 5.74) is -3.03. The number of ether oxygens (including phenoxy) is 1. The molecule has 0 saturated heterocycles. The molecule has 0 aliphatic heterocycles. The van der Waals surface area contributed by atoms with Gasteiger partial charge in [-0.2, -0.15) is 18.3 Å². The van der Waals surface area contributed by atoms with Crippen LogP contribution in [0.25, 0.3) is 0 Å². The summed E-state index contributed by atoms with van der Waals surface area (Å²) in [7, 11) is 1.05. The fourth-order valence-corrected chi connectivity index (χ4v) is 3.54. The van der Waals surface area contributed by atoms with Gasteiger partial charge in [0.2, 0.25) is 0 Å². The van der Waals surface area contributed by atoms with Crippen molar-refractivity contribution < 1.29 is 40.6 Å². The molecular weight excluding hydrogens is 361 g/mol. The average molecular weight is 376 g/mol. The lowest BCUT2D eigenvalue weighted by Crippen LogP contribution is -2.42. The van der Waals surface area contributed by atoms with Crippen molar-refractivity contribution in [3.63, 3.8) is 0 Å². The highest BCUT2D eigenvalue weighted by molar-refractivity contribution is 5.38. The summed E-state index contributed by atoms with van der Waals surface area (Å²) < 4.78 is 99.8. The molecule has 1 saturated carbocycles. The second-order valence-electron chi connectivity index (χ2n) is 6.41. The normalized spacial score (nSPS) is 31.2. The zero-order chi connectivity index (χ0) is 18.8. The predicted molar refractivity (Wildman–Crippen MR) is 69.5 cm³/mol. The van der Waals surface area contributed by atoms with Crippen molar-refractivity contribution in [1.82, 2.24) is 9.78 Å². The third-order valence-electron chi connectivity index (χ3n) is 4.79. The van der Waals surface area contributed by atoms with E-state index in [1.807, 2.05) is 0 Å². The fourth-order valence-electron chi connectivity index (χ4n) is 3.54. The molecule has 4 nitrogen and oxygen atoms in total. The van der Waals surface area contributed by atoms with E-state index in [2.05, 4.69) is 5.10 Å². The van der Waals surface area contributed by atoms with E-state index in [0.29, 0.717) is 0 Å². The fraction of sp³-hybridized carbons (Fsp3) is 0.786.